The van der Waals surface area contributed by atoms with Crippen LogP contribution < -0.4 is 0 Å². The van der Waals surface area contributed by atoms with Crippen LogP contribution in [0.4, 0.5) is 0 Å². The summed E-state index contributed by atoms with van der Waals surface area (Å²) in [4.78, 5) is 11.2. The molecule has 0 aromatic rings. The highest BCUT2D eigenvalue weighted by atomic mass is 16.4. The molecule has 0 radical (unpaired) electrons. The zero-order valence-electron chi connectivity index (χ0n) is 12.0. The summed E-state index contributed by atoms with van der Waals surface area (Å²) in [5, 5.41) is 18.3. The van der Waals surface area contributed by atoms with Gasteiger partial charge in [-0.1, -0.05) is 26.3 Å². The summed E-state index contributed by atoms with van der Waals surface area (Å²) >= 11 is 0. The van der Waals surface area contributed by atoms with Gasteiger partial charge in [-0.15, -0.1) is 0 Å². The van der Waals surface area contributed by atoms with Crippen molar-refractivity contribution in [3.05, 3.63) is 11.1 Å². The van der Waals surface area contributed by atoms with Crippen molar-refractivity contribution >= 4 is 5.97 Å². The molecule has 18 heavy (non-hydrogen) atoms. The van der Waals surface area contributed by atoms with E-state index in [1.165, 1.54) is 6.42 Å². The number of carbonyl (C=O) groups is 1. The predicted octanol–water partition coefficient (Wildman–Crippen LogP) is 3.23. The predicted molar refractivity (Wildman–Crippen MR) is 72.3 cm³/mol. The second-order valence-corrected chi connectivity index (χ2v) is 6.54. The Balaban J connectivity index is 2.99. The summed E-state index contributed by atoms with van der Waals surface area (Å²) in [5.41, 5.74) is 1.64. The fraction of sp³-hybridized carbons (Fsp3) is 0.800. The van der Waals surface area contributed by atoms with Gasteiger partial charge in [-0.25, -0.2) is 4.79 Å². The van der Waals surface area contributed by atoms with E-state index in [2.05, 4.69) is 20.8 Å². The molecule has 2 unspecified atom stereocenters. The Morgan fingerprint density at radius 1 is 1.33 bits per heavy atom. The molecule has 1 aliphatic rings. The number of aliphatic hydroxyl groups excluding tert-OH is 1. The van der Waals surface area contributed by atoms with Gasteiger partial charge in [0.25, 0.3) is 0 Å². The van der Waals surface area contributed by atoms with Crippen molar-refractivity contribution in [2.24, 2.45) is 17.3 Å². The minimum absolute atomic E-state index is 0.0330. The van der Waals surface area contributed by atoms with Crippen LogP contribution in [0.5, 0.6) is 0 Å². The van der Waals surface area contributed by atoms with Gasteiger partial charge in [-0.05, 0) is 49.9 Å². The lowest BCUT2D eigenvalue weighted by Crippen LogP contribution is -2.29. The molecule has 0 saturated heterocycles. The molecule has 3 nitrogen and oxygen atoms in total. The van der Waals surface area contributed by atoms with E-state index in [-0.39, 0.29) is 12.0 Å². The van der Waals surface area contributed by atoms with Gasteiger partial charge in [0.15, 0.2) is 0 Å². The molecule has 0 aromatic carbocycles. The van der Waals surface area contributed by atoms with Crippen molar-refractivity contribution in [2.45, 2.75) is 53.4 Å². The monoisotopic (exact) mass is 254 g/mol. The second kappa shape index (κ2) is 5.87. The molecule has 0 aliphatic heterocycles. The Morgan fingerprint density at radius 2 is 1.94 bits per heavy atom. The molecule has 0 bridgehead atoms. The second-order valence-electron chi connectivity index (χ2n) is 6.54. The first kappa shape index (κ1) is 15.2. The zero-order chi connectivity index (χ0) is 13.9. The van der Waals surface area contributed by atoms with Crippen LogP contribution in [0.1, 0.15) is 53.4 Å². The van der Waals surface area contributed by atoms with Crippen molar-refractivity contribution in [1.29, 1.82) is 0 Å². The largest absolute Gasteiger partial charge is 0.478 e. The Hall–Kier alpha value is -0.830. The Bertz CT molecular complexity index is 342. The summed E-state index contributed by atoms with van der Waals surface area (Å²) < 4.78 is 0. The maximum atomic E-state index is 11.2. The van der Waals surface area contributed by atoms with Crippen molar-refractivity contribution < 1.29 is 15.0 Å². The first-order chi connectivity index (χ1) is 8.26. The first-order valence-electron chi connectivity index (χ1n) is 6.80. The molecular weight excluding hydrogens is 228 g/mol. The molecule has 1 rings (SSSR count). The number of hydrogen-bond acceptors (Lipinski definition) is 2. The van der Waals surface area contributed by atoms with Crippen molar-refractivity contribution in [3.8, 4) is 0 Å². The minimum atomic E-state index is -0.852. The molecule has 0 spiro atoms. The molecule has 2 N–H and O–H groups in total. The SMILES string of the molecule is CC(C(=O)O)=C(CCO)C1CC(C)CC(C)(C)C1. The summed E-state index contributed by atoms with van der Waals surface area (Å²) in [6.45, 7) is 8.44. The summed E-state index contributed by atoms with van der Waals surface area (Å²) in [7, 11) is 0. The highest BCUT2D eigenvalue weighted by molar-refractivity contribution is 5.86. The average molecular weight is 254 g/mol. The standard InChI is InChI=1S/C15H26O3/c1-10-7-12(9-15(3,4)8-10)13(5-6-16)11(2)14(17)18/h10,12,16H,5-9H2,1-4H3,(H,17,18). The van der Waals surface area contributed by atoms with E-state index in [0.717, 1.165) is 18.4 Å². The van der Waals surface area contributed by atoms with Crippen LogP contribution in [0.2, 0.25) is 0 Å². The van der Waals surface area contributed by atoms with E-state index in [1.807, 2.05) is 0 Å². The summed E-state index contributed by atoms with van der Waals surface area (Å²) in [5.74, 6) is 0.0792. The molecule has 3 heteroatoms. The topological polar surface area (TPSA) is 57.5 Å². The highest BCUT2D eigenvalue weighted by Gasteiger charge is 2.34. The number of rotatable bonds is 4. The van der Waals surface area contributed by atoms with Gasteiger partial charge in [0.1, 0.15) is 0 Å². The fourth-order valence-electron chi connectivity index (χ4n) is 3.57. The molecule has 0 aromatic heterocycles. The molecule has 1 aliphatic carbocycles. The maximum Gasteiger partial charge on any atom is 0.331 e. The van der Waals surface area contributed by atoms with Crippen LogP contribution in [0.25, 0.3) is 0 Å². The Kier molecular flexibility index (Phi) is 4.97. The third-order valence-electron chi connectivity index (χ3n) is 4.06. The van der Waals surface area contributed by atoms with E-state index < -0.39 is 5.97 Å². The van der Waals surface area contributed by atoms with E-state index >= 15 is 0 Å². The van der Waals surface area contributed by atoms with Gasteiger partial charge >= 0.3 is 5.97 Å². The van der Waals surface area contributed by atoms with Crippen LogP contribution in [0, 0.1) is 17.3 Å². The molecule has 104 valence electrons. The van der Waals surface area contributed by atoms with Crippen LogP contribution >= 0.6 is 0 Å². The Labute approximate surface area is 110 Å². The lowest BCUT2D eigenvalue weighted by atomic mass is 9.65. The van der Waals surface area contributed by atoms with E-state index in [9.17, 15) is 4.79 Å². The molecule has 1 fully saturated rings. The van der Waals surface area contributed by atoms with E-state index in [0.29, 0.717) is 23.8 Å². The lowest BCUT2D eigenvalue weighted by molar-refractivity contribution is -0.132. The molecule has 2 atom stereocenters. The van der Waals surface area contributed by atoms with Crippen molar-refractivity contribution in [3.63, 3.8) is 0 Å². The number of aliphatic carboxylic acids is 1. The molecular formula is C15H26O3. The third-order valence-corrected chi connectivity index (χ3v) is 4.06. The Morgan fingerprint density at radius 3 is 2.39 bits per heavy atom. The average Bonchev–Trinajstić information content (AvgIpc) is 2.21. The maximum absolute atomic E-state index is 11.2. The first-order valence-corrected chi connectivity index (χ1v) is 6.80. The van der Waals surface area contributed by atoms with Gasteiger partial charge in [0.05, 0.1) is 0 Å². The normalized spacial score (nSPS) is 28.7. The zero-order valence-corrected chi connectivity index (χ0v) is 12.0. The quantitative estimate of drug-likeness (QED) is 0.757. The van der Waals surface area contributed by atoms with Gasteiger partial charge in [-0.2, -0.15) is 0 Å². The van der Waals surface area contributed by atoms with E-state index in [1.54, 1.807) is 6.92 Å². The van der Waals surface area contributed by atoms with Gasteiger partial charge in [0, 0.05) is 12.2 Å². The van der Waals surface area contributed by atoms with Gasteiger partial charge in [0.2, 0.25) is 0 Å². The summed E-state index contributed by atoms with van der Waals surface area (Å²) in [6.07, 6.45) is 3.76. The van der Waals surface area contributed by atoms with Crippen LogP contribution in [0.15, 0.2) is 11.1 Å². The third kappa shape index (κ3) is 3.84. The summed E-state index contributed by atoms with van der Waals surface area (Å²) in [6, 6.07) is 0. The molecule has 0 amide bonds. The lowest BCUT2D eigenvalue weighted by Gasteiger charge is -2.40. The van der Waals surface area contributed by atoms with Crippen LogP contribution in [-0.4, -0.2) is 22.8 Å². The highest BCUT2D eigenvalue weighted by Crippen LogP contribution is 2.45. The smallest absolute Gasteiger partial charge is 0.331 e. The van der Waals surface area contributed by atoms with Gasteiger partial charge in [-0.3, -0.25) is 0 Å². The van der Waals surface area contributed by atoms with Crippen molar-refractivity contribution in [1.82, 2.24) is 0 Å². The number of carboxylic acid groups (broad SMARTS) is 1. The number of carboxylic acids is 1. The number of hydrogen-bond donors (Lipinski definition) is 2. The minimum Gasteiger partial charge on any atom is -0.478 e. The molecule has 1 saturated carbocycles. The number of aliphatic hydroxyl groups is 1. The van der Waals surface area contributed by atoms with Crippen molar-refractivity contribution in [2.75, 3.05) is 6.61 Å². The molecule has 0 heterocycles. The van der Waals surface area contributed by atoms with Crippen LogP contribution in [0.3, 0.4) is 0 Å². The van der Waals surface area contributed by atoms with Crippen LogP contribution in [-0.2, 0) is 4.79 Å². The van der Waals surface area contributed by atoms with E-state index in [4.69, 9.17) is 10.2 Å². The fourth-order valence-corrected chi connectivity index (χ4v) is 3.57. The van der Waals surface area contributed by atoms with Gasteiger partial charge < -0.3 is 10.2 Å².